The summed E-state index contributed by atoms with van der Waals surface area (Å²) in [5.74, 6) is 1.02. The third kappa shape index (κ3) is 4.73. The third-order valence-corrected chi connectivity index (χ3v) is 6.20. The van der Waals surface area contributed by atoms with Gasteiger partial charge in [0.25, 0.3) is 0 Å². The predicted molar refractivity (Wildman–Crippen MR) is 119 cm³/mol. The number of hydrogen-bond acceptors (Lipinski definition) is 4. The molecule has 1 saturated heterocycles. The molecule has 1 amide bonds. The van der Waals surface area contributed by atoms with Gasteiger partial charge in [0.15, 0.2) is 0 Å². The summed E-state index contributed by atoms with van der Waals surface area (Å²) in [5, 5.41) is 0. The molecule has 5 heteroatoms. The van der Waals surface area contributed by atoms with Crippen LogP contribution in [0.15, 0.2) is 54.6 Å². The Morgan fingerprint density at radius 3 is 2.27 bits per heavy atom. The molecule has 2 aromatic rings. The maximum atomic E-state index is 13.1. The molecule has 1 aliphatic rings. The van der Waals surface area contributed by atoms with Gasteiger partial charge < -0.3 is 15.4 Å². The number of likely N-dealkylation sites (tertiary alicyclic amines) is 1. The van der Waals surface area contributed by atoms with E-state index in [-0.39, 0.29) is 11.7 Å². The molecule has 0 unspecified atom stereocenters. The standard InChI is InChI=1S/C25H32N2O3/c1-3-7-23(28)25(20-8-5-4-6-9-20)14-16-27(17-15-25)24(29)22(26)18-19-10-12-21(30-2)13-11-19/h4-6,8-13,22H,3,7,14-18,26H2,1-2H3/t22-/m1/s1. The summed E-state index contributed by atoms with van der Waals surface area (Å²) in [6, 6.07) is 17.1. The maximum absolute atomic E-state index is 13.1. The van der Waals surface area contributed by atoms with Crippen LogP contribution in [-0.4, -0.2) is 42.8 Å². The van der Waals surface area contributed by atoms with E-state index in [0.29, 0.717) is 38.8 Å². The van der Waals surface area contributed by atoms with Gasteiger partial charge in [0, 0.05) is 19.5 Å². The summed E-state index contributed by atoms with van der Waals surface area (Å²) in [6.45, 7) is 3.15. The third-order valence-electron chi connectivity index (χ3n) is 6.20. The number of nitrogens with two attached hydrogens (primary N) is 1. The molecule has 0 aliphatic carbocycles. The quantitative estimate of drug-likeness (QED) is 0.726. The molecule has 2 N–H and O–H groups in total. The second-order valence-electron chi connectivity index (χ2n) is 8.11. The van der Waals surface area contributed by atoms with E-state index in [1.54, 1.807) is 7.11 Å². The van der Waals surface area contributed by atoms with Gasteiger partial charge in [-0.3, -0.25) is 9.59 Å². The van der Waals surface area contributed by atoms with Gasteiger partial charge >= 0.3 is 0 Å². The van der Waals surface area contributed by atoms with Crippen molar-refractivity contribution in [3.63, 3.8) is 0 Å². The van der Waals surface area contributed by atoms with E-state index in [1.807, 2.05) is 66.4 Å². The fraction of sp³-hybridized carbons (Fsp3) is 0.440. The molecule has 1 aliphatic heterocycles. The number of ketones is 1. The normalized spacial score (nSPS) is 16.7. The second-order valence-corrected chi connectivity index (χ2v) is 8.11. The molecule has 1 fully saturated rings. The lowest BCUT2D eigenvalue weighted by atomic mass is 9.68. The van der Waals surface area contributed by atoms with Crippen molar-refractivity contribution >= 4 is 11.7 Å². The van der Waals surface area contributed by atoms with Crippen molar-refractivity contribution in [3.8, 4) is 5.75 Å². The van der Waals surface area contributed by atoms with Crippen LogP contribution in [0.1, 0.15) is 43.7 Å². The first kappa shape index (κ1) is 22.0. The molecule has 0 spiro atoms. The number of carbonyl (C=O) groups is 2. The summed E-state index contributed by atoms with van der Waals surface area (Å²) in [7, 11) is 1.63. The fourth-order valence-electron chi connectivity index (χ4n) is 4.40. The Morgan fingerprint density at radius 2 is 1.70 bits per heavy atom. The minimum atomic E-state index is -0.589. The summed E-state index contributed by atoms with van der Waals surface area (Å²) in [4.78, 5) is 27.9. The van der Waals surface area contributed by atoms with Crippen LogP contribution >= 0.6 is 0 Å². The number of Topliss-reactive ketones (excluding diaryl/α,β-unsaturated/α-hetero) is 1. The highest BCUT2D eigenvalue weighted by atomic mass is 16.5. The number of benzene rings is 2. The van der Waals surface area contributed by atoms with Crippen LogP contribution < -0.4 is 10.5 Å². The number of hydrogen-bond donors (Lipinski definition) is 1. The van der Waals surface area contributed by atoms with Gasteiger partial charge in [-0.1, -0.05) is 49.4 Å². The average Bonchev–Trinajstić information content (AvgIpc) is 2.80. The Labute approximate surface area is 179 Å². The number of methoxy groups -OCH3 is 1. The molecule has 1 atom stereocenters. The van der Waals surface area contributed by atoms with Crippen molar-refractivity contribution in [2.45, 2.75) is 50.5 Å². The van der Waals surface area contributed by atoms with Crippen LogP contribution in [0.5, 0.6) is 5.75 Å². The zero-order valence-corrected chi connectivity index (χ0v) is 18.0. The molecule has 0 radical (unpaired) electrons. The van der Waals surface area contributed by atoms with E-state index in [2.05, 4.69) is 0 Å². The molecule has 2 aromatic carbocycles. The SMILES string of the molecule is CCCC(=O)C1(c2ccccc2)CCN(C(=O)[C@H](N)Cc2ccc(OC)cc2)CC1. The molecule has 0 aromatic heterocycles. The Kier molecular flexibility index (Phi) is 7.27. The van der Waals surface area contributed by atoms with Gasteiger partial charge in [0.2, 0.25) is 5.91 Å². The number of carbonyl (C=O) groups excluding carboxylic acids is 2. The van der Waals surface area contributed by atoms with Crippen molar-refractivity contribution in [1.82, 2.24) is 4.90 Å². The van der Waals surface area contributed by atoms with E-state index in [4.69, 9.17) is 10.5 Å². The molecule has 160 valence electrons. The largest absolute Gasteiger partial charge is 0.497 e. The summed E-state index contributed by atoms with van der Waals surface area (Å²) < 4.78 is 5.18. The monoisotopic (exact) mass is 408 g/mol. The molecule has 1 heterocycles. The van der Waals surface area contributed by atoms with Crippen molar-refractivity contribution in [3.05, 3.63) is 65.7 Å². The summed E-state index contributed by atoms with van der Waals surface area (Å²) >= 11 is 0. The van der Waals surface area contributed by atoms with Crippen LogP contribution in [0, 0.1) is 0 Å². The number of ether oxygens (including phenoxy) is 1. The van der Waals surface area contributed by atoms with Crippen molar-refractivity contribution in [1.29, 1.82) is 0 Å². The Morgan fingerprint density at radius 1 is 1.07 bits per heavy atom. The first-order valence-electron chi connectivity index (χ1n) is 10.8. The first-order chi connectivity index (χ1) is 14.5. The zero-order valence-electron chi connectivity index (χ0n) is 18.0. The lowest BCUT2D eigenvalue weighted by Crippen LogP contribution is -2.53. The molecule has 0 saturated carbocycles. The van der Waals surface area contributed by atoms with Gasteiger partial charge in [-0.25, -0.2) is 0 Å². The first-order valence-corrected chi connectivity index (χ1v) is 10.8. The highest BCUT2D eigenvalue weighted by Gasteiger charge is 2.43. The second kappa shape index (κ2) is 9.90. The van der Waals surface area contributed by atoms with Gasteiger partial charge in [0.1, 0.15) is 11.5 Å². The predicted octanol–water partition coefficient (Wildman–Crippen LogP) is 3.49. The lowest BCUT2D eigenvalue weighted by Gasteiger charge is -2.42. The zero-order chi connectivity index (χ0) is 21.6. The van der Waals surface area contributed by atoms with Gasteiger partial charge in [-0.15, -0.1) is 0 Å². The molecule has 3 rings (SSSR count). The van der Waals surface area contributed by atoms with Crippen molar-refractivity contribution < 1.29 is 14.3 Å². The Bertz CT molecular complexity index is 840. The smallest absolute Gasteiger partial charge is 0.239 e. The van der Waals surface area contributed by atoms with Crippen LogP contribution in [0.2, 0.25) is 0 Å². The number of piperidine rings is 1. The number of rotatable bonds is 8. The average molecular weight is 409 g/mol. The topological polar surface area (TPSA) is 72.6 Å². The van der Waals surface area contributed by atoms with Crippen LogP contribution in [0.4, 0.5) is 0 Å². The number of nitrogens with zero attached hydrogens (tertiary/aromatic N) is 1. The Balaban J connectivity index is 1.67. The molecule has 5 nitrogen and oxygen atoms in total. The van der Waals surface area contributed by atoms with Gasteiger partial charge in [-0.05, 0) is 48.9 Å². The van der Waals surface area contributed by atoms with E-state index < -0.39 is 11.5 Å². The minimum absolute atomic E-state index is 0.0459. The van der Waals surface area contributed by atoms with Gasteiger partial charge in [-0.2, -0.15) is 0 Å². The highest BCUT2D eigenvalue weighted by Crippen LogP contribution is 2.38. The van der Waals surface area contributed by atoms with E-state index in [9.17, 15) is 9.59 Å². The fourth-order valence-corrected chi connectivity index (χ4v) is 4.40. The van der Waals surface area contributed by atoms with Crippen LogP contribution in [0.25, 0.3) is 0 Å². The van der Waals surface area contributed by atoms with Crippen molar-refractivity contribution in [2.75, 3.05) is 20.2 Å². The minimum Gasteiger partial charge on any atom is -0.497 e. The molecule has 30 heavy (non-hydrogen) atoms. The molecular weight excluding hydrogens is 376 g/mol. The van der Waals surface area contributed by atoms with Crippen LogP contribution in [-0.2, 0) is 21.4 Å². The molecule has 0 bridgehead atoms. The van der Waals surface area contributed by atoms with E-state index in [0.717, 1.165) is 23.3 Å². The molecular formula is C25H32N2O3. The van der Waals surface area contributed by atoms with E-state index in [1.165, 1.54) is 0 Å². The van der Waals surface area contributed by atoms with Crippen LogP contribution in [0.3, 0.4) is 0 Å². The maximum Gasteiger partial charge on any atom is 0.239 e. The van der Waals surface area contributed by atoms with E-state index >= 15 is 0 Å². The Hall–Kier alpha value is -2.66. The number of amides is 1. The highest BCUT2D eigenvalue weighted by molar-refractivity contribution is 5.91. The van der Waals surface area contributed by atoms with Gasteiger partial charge in [0.05, 0.1) is 18.6 Å². The summed E-state index contributed by atoms with van der Waals surface area (Å²) in [5.41, 5.74) is 7.83. The van der Waals surface area contributed by atoms with Crippen molar-refractivity contribution in [2.24, 2.45) is 5.73 Å². The summed E-state index contributed by atoms with van der Waals surface area (Å²) in [6.07, 6.45) is 3.19. The lowest BCUT2D eigenvalue weighted by molar-refractivity contribution is -0.137.